The quantitative estimate of drug-likeness (QED) is 0.453. The number of rotatable bonds is 8. The third-order valence-electron chi connectivity index (χ3n) is 3.13. The van der Waals surface area contributed by atoms with Gasteiger partial charge in [0.15, 0.2) is 11.6 Å². The van der Waals surface area contributed by atoms with Gasteiger partial charge >= 0.3 is 5.97 Å². The second-order valence-corrected chi connectivity index (χ2v) is 4.91. The van der Waals surface area contributed by atoms with Crippen LogP contribution in [0, 0.1) is 5.82 Å². The largest absolute Gasteiger partial charge is 0.489 e. The van der Waals surface area contributed by atoms with Gasteiger partial charge in [0.1, 0.15) is 6.61 Å². The summed E-state index contributed by atoms with van der Waals surface area (Å²) in [6, 6.07) is 13.9. The van der Waals surface area contributed by atoms with Crippen molar-refractivity contribution in [1.29, 1.82) is 0 Å². The minimum atomic E-state index is -0.366. The molecule has 0 aliphatic heterocycles. The molecule has 0 aliphatic carbocycles. The Morgan fingerprint density at radius 1 is 1.17 bits per heavy atom. The van der Waals surface area contributed by atoms with Crippen LogP contribution in [0.25, 0.3) is 6.08 Å². The van der Waals surface area contributed by atoms with E-state index in [2.05, 4.69) is 5.32 Å². The Balaban J connectivity index is 1.76. The number of nitrogens with one attached hydrogen (secondary N) is 1. The van der Waals surface area contributed by atoms with Crippen molar-refractivity contribution in [3.63, 3.8) is 0 Å². The molecular weight excluding hydrogens is 309 g/mol. The van der Waals surface area contributed by atoms with Gasteiger partial charge in [-0.25, -0.2) is 9.18 Å². The van der Waals surface area contributed by atoms with Crippen LogP contribution in [0.1, 0.15) is 12.5 Å². The van der Waals surface area contributed by atoms with Gasteiger partial charge in [-0.2, -0.15) is 0 Å². The highest BCUT2D eigenvalue weighted by Gasteiger charge is 2.00. The number of ether oxygens (including phenoxy) is 2. The maximum Gasteiger partial charge on any atom is 0.330 e. The van der Waals surface area contributed by atoms with Crippen LogP contribution in [-0.2, 0) is 9.53 Å². The van der Waals surface area contributed by atoms with E-state index in [9.17, 15) is 9.18 Å². The molecule has 0 unspecified atom stereocenters. The molecule has 0 bridgehead atoms. The number of hydrogen-bond acceptors (Lipinski definition) is 4. The predicted molar refractivity (Wildman–Crippen MR) is 92.5 cm³/mol. The number of hydrogen-bond donors (Lipinski definition) is 1. The second-order valence-electron chi connectivity index (χ2n) is 4.91. The Morgan fingerprint density at radius 2 is 1.92 bits per heavy atom. The minimum Gasteiger partial charge on any atom is -0.489 e. The van der Waals surface area contributed by atoms with Crippen molar-refractivity contribution in [2.45, 2.75) is 6.92 Å². The Morgan fingerprint density at radius 3 is 2.62 bits per heavy atom. The molecule has 5 heteroatoms. The minimum absolute atomic E-state index is 0.249. The summed E-state index contributed by atoms with van der Waals surface area (Å²) in [6.07, 6.45) is 3.09. The zero-order valence-electron chi connectivity index (χ0n) is 13.5. The molecular formula is C19H20FNO3. The van der Waals surface area contributed by atoms with Crippen molar-refractivity contribution >= 4 is 17.7 Å². The standard InChI is InChI=1S/C19H20FNO3/c1-2-23-19(22)12-9-15-7-10-16(11-8-15)21-13-14-24-18-6-4-3-5-17(18)20/h3-12,21H,2,13-14H2,1H3. The molecule has 24 heavy (non-hydrogen) atoms. The maximum atomic E-state index is 13.4. The fraction of sp³-hybridized carbons (Fsp3) is 0.211. The van der Waals surface area contributed by atoms with Crippen LogP contribution in [0.5, 0.6) is 5.75 Å². The highest BCUT2D eigenvalue weighted by Crippen LogP contribution is 2.15. The zero-order valence-corrected chi connectivity index (χ0v) is 13.5. The average Bonchev–Trinajstić information content (AvgIpc) is 2.59. The molecule has 2 rings (SSSR count). The maximum absolute atomic E-state index is 13.4. The molecule has 1 N–H and O–H groups in total. The van der Waals surface area contributed by atoms with Gasteiger partial charge in [0.2, 0.25) is 0 Å². The summed E-state index contributed by atoms with van der Waals surface area (Å²) in [5, 5.41) is 3.18. The number of carbonyl (C=O) groups excluding carboxylic acids is 1. The molecule has 0 fully saturated rings. The zero-order chi connectivity index (χ0) is 17.2. The van der Waals surface area contributed by atoms with E-state index in [4.69, 9.17) is 9.47 Å². The summed E-state index contributed by atoms with van der Waals surface area (Å²) >= 11 is 0. The van der Waals surface area contributed by atoms with E-state index >= 15 is 0 Å². The van der Waals surface area contributed by atoms with Gasteiger partial charge in [0.05, 0.1) is 6.61 Å². The van der Waals surface area contributed by atoms with Gasteiger partial charge in [0.25, 0.3) is 0 Å². The molecule has 0 radical (unpaired) electrons. The lowest BCUT2D eigenvalue weighted by molar-refractivity contribution is -0.137. The first-order valence-corrected chi connectivity index (χ1v) is 7.75. The second kappa shape index (κ2) is 9.35. The lowest BCUT2D eigenvalue weighted by atomic mass is 10.2. The number of benzene rings is 2. The highest BCUT2D eigenvalue weighted by atomic mass is 19.1. The Labute approximate surface area is 140 Å². The van der Waals surface area contributed by atoms with E-state index in [1.165, 1.54) is 12.1 Å². The molecule has 0 aliphatic rings. The van der Waals surface area contributed by atoms with Crippen LogP contribution < -0.4 is 10.1 Å². The third kappa shape index (κ3) is 5.76. The molecule has 2 aromatic carbocycles. The van der Waals surface area contributed by atoms with Gasteiger partial charge < -0.3 is 14.8 Å². The first-order valence-electron chi connectivity index (χ1n) is 7.75. The summed E-state index contributed by atoms with van der Waals surface area (Å²) < 4.78 is 23.6. The first-order chi connectivity index (χ1) is 11.7. The molecule has 2 aromatic rings. The molecule has 0 atom stereocenters. The third-order valence-corrected chi connectivity index (χ3v) is 3.13. The number of carbonyl (C=O) groups is 1. The van der Waals surface area contributed by atoms with Crippen LogP contribution in [0.4, 0.5) is 10.1 Å². The van der Waals surface area contributed by atoms with Crippen molar-refractivity contribution in [3.8, 4) is 5.75 Å². The van der Waals surface area contributed by atoms with Crippen molar-refractivity contribution in [3.05, 3.63) is 66.0 Å². The number of halogens is 1. The van der Waals surface area contributed by atoms with Gasteiger partial charge in [0, 0.05) is 18.3 Å². The van der Waals surface area contributed by atoms with E-state index in [0.29, 0.717) is 19.8 Å². The van der Waals surface area contributed by atoms with E-state index in [-0.39, 0.29) is 17.5 Å². The predicted octanol–water partition coefficient (Wildman–Crippen LogP) is 3.89. The van der Waals surface area contributed by atoms with Crippen LogP contribution >= 0.6 is 0 Å². The van der Waals surface area contributed by atoms with Crippen LogP contribution in [0.2, 0.25) is 0 Å². The summed E-state index contributed by atoms with van der Waals surface area (Å²) in [7, 11) is 0. The molecule has 0 saturated carbocycles. The topological polar surface area (TPSA) is 47.6 Å². The Hall–Kier alpha value is -2.82. The molecule has 0 saturated heterocycles. The summed E-state index contributed by atoms with van der Waals surface area (Å²) in [5.74, 6) is -0.473. The van der Waals surface area contributed by atoms with Crippen molar-refractivity contribution < 1.29 is 18.7 Å². The normalized spacial score (nSPS) is 10.6. The molecule has 126 valence electrons. The fourth-order valence-corrected chi connectivity index (χ4v) is 1.98. The van der Waals surface area contributed by atoms with Gasteiger partial charge in [-0.3, -0.25) is 0 Å². The monoisotopic (exact) mass is 329 g/mol. The van der Waals surface area contributed by atoms with Crippen molar-refractivity contribution in [1.82, 2.24) is 0 Å². The van der Waals surface area contributed by atoms with E-state index < -0.39 is 0 Å². The van der Waals surface area contributed by atoms with E-state index in [1.807, 2.05) is 24.3 Å². The fourth-order valence-electron chi connectivity index (χ4n) is 1.98. The summed E-state index contributed by atoms with van der Waals surface area (Å²) in [5.41, 5.74) is 1.82. The first kappa shape index (κ1) is 17.5. The van der Waals surface area contributed by atoms with Crippen molar-refractivity contribution in [2.24, 2.45) is 0 Å². The Kier molecular flexibility index (Phi) is 6.83. The van der Waals surface area contributed by atoms with Crippen LogP contribution in [0.15, 0.2) is 54.6 Å². The summed E-state index contributed by atoms with van der Waals surface area (Å²) in [6.45, 7) is 3.03. The lowest BCUT2D eigenvalue weighted by Crippen LogP contribution is -2.11. The van der Waals surface area contributed by atoms with Crippen LogP contribution in [0.3, 0.4) is 0 Å². The highest BCUT2D eigenvalue weighted by molar-refractivity contribution is 5.87. The van der Waals surface area contributed by atoms with Crippen molar-refractivity contribution in [2.75, 3.05) is 25.1 Å². The lowest BCUT2D eigenvalue weighted by Gasteiger charge is -2.09. The van der Waals surface area contributed by atoms with Gasteiger partial charge in [-0.05, 0) is 42.8 Å². The van der Waals surface area contributed by atoms with E-state index in [1.54, 1.807) is 31.2 Å². The SMILES string of the molecule is CCOC(=O)C=Cc1ccc(NCCOc2ccccc2F)cc1. The molecule has 0 heterocycles. The number of esters is 1. The number of anilines is 1. The van der Waals surface area contributed by atoms with Crippen LogP contribution in [-0.4, -0.2) is 25.7 Å². The molecule has 0 amide bonds. The smallest absolute Gasteiger partial charge is 0.330 e. The summed E-state index contributed by atoms with van der Waals surface area (Å²) in [4.78, 5) is 11.2. The van der Waals surface area contributed by atoms with E-state index in [0.717, 1.165) is 11.3 Å². The molecule has 0 spiro atoms. The number of para-hydroxylation sites is 1. The van der Waals surface area contributed by atoms with Gasteiger partial charge in [-0.15, -0.1) is 0 Å². The molecule has 4 nitrogen and oxygen atoms in total. The average molecular weight is 329 g/mol. The Bertz CT molecular complexity index is 683. The van der Waals surface area contributed by atoms with Gasteiger partial charge in [-0.1, -0.05) is 24.3 Å². The molecule has 0 aromatic heterocycles.